The average molecular weight is 407 g/mol. The molecule has 8 nitrogen and oxygen atoms in total. The Kier molecular flexibility index (Phi) is 4.92. The largest absolute Gasteiger partial charge is 0.454 e. The summed E-state index contributed by atoms with van der Waals surface area (Å²) in [5, 5.41) is 3.00. The van der Waals surface area contributed by atoms with Crippen molar-refractivity contribution < 1.29 is 14.3 Å². The number of carbonyl (C=O) groups is 1. The number of imidazole rings is 1. The third kappa shape index (κ3) is 3.66. The van der Waals surface area contributed by atoms with Crippen molar-refractivity contribution in [1.29, 1.82) is 0 Å². The molecule has 5 rings (SSSR count). The van der Waals surface area contributed by atoms with Crippen LogP contribution in [0.3, 0.4) is 0 Å². The molecule has 1 amide bonds. The number of nitrogens with zero attached hydrogens (tertiary/aromatic N) is 3. The summed E-state index contributed by atoms with van der Waals surface area (Å²) < 4.78 is 10.7. The van der Waals surface area contributed by atoms with Crippen LogP contribution in [0.25, 0.3) is 11.0 Å². The van der Waals surface area contributed by atoms with Crippen LogP contribution in [-0.4, -0.2) is 59.8 Å². The second kappa shape index (κ2) is 7.87. The van der Waals surface area contributed by atoms with Crippen molar-refractivity contribution in [2.24, 2.45) is 0 Å². The number of nitrogens with one attached hydrogen (secondary N) is 2. The van der Waals surface area contributed by atoms with Gasteiger partial charge in [0.2, 0.25) is 18.6 Å². The molecule has 0 radical (unpaired) electrons. The van der Waals surface area contributed by atoms with E-state index in [-0.39, 0.29) is 18.7 Å². The molecular formula is C22H25N5O3. The number of carbonyl (C=O) groups excluding carboxylic acids is 1. The molecule has 1 saturated heterocycles. The van der Waals surface area contributed by atoms with Gasteiger partial charge in [0.1, 0.15) is 0 Å². The monoisotopic (exact) mass is 407 g/mol. The van der Waals surface area contributed by atoms with Gasteiger partial charge in [-0.1, -0.05) is 12.1 Å². The van der Waals surface area contributed by atoms with Gasteiger partial charge in [-0.25, -0.2) is 4.98 Å². The Labute approximate surface area is 174 Å². The lowest BCUT2D eigenvalue weighted by atomic mass is 10.2. The first-order valence-electron chi connectivity index (χ1n) is 10.3. The predicted molar refractivity (Wildman–Crippen MR) is 115 cm³/mol. The molecule has 30 heavy (non-hydrogen) atoms. The van der Waals surface area contributed by atoms with Gasteiger partial charge in [0.15, 0.2) is 11.5 Å². The number of hydrogen-bond acceptors (Lipinski definition) is 6. The number of rotatable bonds is 4. The highest BCUT2D eigenvalue weighted by Gasteiger charge is 2.25. The average Bonchev–Trinajstić information content (AvgIpc) is 3.33. The van der Waals surface area contributed by atoms with Gasteiger partial charge >= 0.3 is 0 Å². The summed E-state index contributed by atoms with van der Waals surface area (Å²) in [6.45, 7) is 5.57. The molecule has 0 spiro atoms. The van der Waals surface area contributed by atoms with Crippen LogP contribution in [0.15, 0.2) is 42.5 Å². The number of ether oxygens (including phenoxy) is 2. The highest BCUT2D eigenvalue weighted by atomic mass is 16.7. The summed E-state index contributed by atoms with van der Waals surface area (Å²) in [6.07, 6.45) is 0.971. The van der Waals surface area contributed by atoms with Crippen LogP contribution in [0, 0.1) is 0 Å². The fourth-order valence-corrected chi connectivity index (χ4v) is 4.01. The van der Waals surface area contributed by atoms with Gasteiger partial charge in [0.05, 0.1) is 17.1 Å². The van der Waals surface area contributed by atoms with E-state index in [0.29, 0.717) is 11.5 Å². The number of amides is 1. The van der Waals surface area contributed by atoms with Crippen molar-refractivity contribution in [3.8, 4) is 11.5 Å². The van der Waals surface area contributed by atoms with Crippen LogP contribution in [-0.2, 0) is 4.79 Å². The number of hydrogen-bond donors (Lipinski definition) is 2. The van der Waals surface area contributed by atoms with Crippen molar-refractivity contribution in [3.63, 3.8) is 0 Å². The number of aromatic amines is 1. The Morgan fingerprint density at radius 2 is 1.97 bits per heavy atom. The Balaban J connectivity index is 1.22. The zero-order valence-electron chi connectivity index (χ0n) is 16.9. The SMILES string of the molecule is CC(C(=O)Nc1ccc2c(c1)OCO2)N1CCCN(c2nc3ccccc3[nH]2)CC1. The Morgan fingerprint density at radius 1 is 1.10 bits per heavy atom. The van der Waals surface area contributed by atoms with E-state index in [1.807, 2.05) is 43.3 Å². The number of H-pyrrole nitrogens is 1. The molecule has 3 heterocycles. The maximum absolute atomic E-state index is 12.8. The number of para-hydroxylation sites is 2. The zero-order valence-corrected chi connectivity index (χ0v) is 16.9. The van der Waals surface area contributed by atoms with E-state index in [9.17, 15) is 4.79 Å². The third-order valence-electron chi connectivity index (χ3n) is 5.77. The van der Waals surface area contributed by atoms with E-state index >= 15 is 0 Å². The Hall–Kier alpha value is -3.26. The zero-order chi connectivity index (χ0) is 20.5. The van der Waals surface area contributed by atoms with Crippen LogP contribution >= 0.6 is 0 Å². The van der Waals surface area contributed by atoms with E-state index in [1.165, 1.54) is 0 Å². The Morgan fingerprint density at radius 3 is 2.87 bits per heavy atom. The molecule has 0 aliphatic carbocycles. The molecule has 0 bridgehead atoms. The first-order valence-corrected chi connectivity index (χ1v) is 10.3. The normalized spacial score (nSPS) is 17.7. The first kappa shape index (κ1) is 18.7. The summed E-state index contributed by atoms with van der Waals surface area (Å²) in [6, 6.07) is 13.3. The maximum Gasteiger partial charge on any atom is 0.241 e. The molecule has 3 aromatic rings. The van der Waals surface area contributed by atoms with Crippen molar-refractivity contribution >= 4 is 28.6 Å². The number of benzene rings is 2. The van der Waals surface area contributed by atoms with E-state index in [4.69, 9.17) is 14.5 Å². The maximum atomic E-state index is 12.8. The summed E-state index contributed by atoms with van der Waals surface area (Å²) >= 11 is 0. The minimum atomic E-state index is -0.231. The molecule has 1 atom stereocenters. The van der Waals surface area contributed by atoms with Gasteiger partial charge < -0.3 is 24.7 Å². The highest BCUT2D eigenvalue weighted by Crippen LogP contribution is 2.34. The molecule has 2 N–H and O–H groups in total. The van der Waals surface area contributed by atoms with E-state index in [2.05, 4.69) is 20.1 Å². The van der Waals surface area contributed by atoms with Crippen molar-refractivity contribution in [2.75, 3.05) is 43.2 Å². The minimum Gasteiger partial charge on any atom is -0.454 e. The van der Waals surface area contributed by atoms with Crippen LogP contribution in [0.1, 0.15) is 13.3 Å². The Bertz CT molecular complexity index is 1030. The standard InChI is InChI=1S/C22H25N5O3/c1-15(21(28)23-16-7-8-19-20(13-16)30-14-29-19)26-9-4-10-27(12-11-26)22-24-17-5-2-3-6-18(17)25-22/h2-3,5-8,13,15H,4,9-12,14H2,1H3,(H,23,28)(H,24,25). The lowest BCUT2D eigenvalue weighted by Crippen LogP contribution is -2.44. The second-order valence-electron chi connectivity index (χ2n) is 7.69. The summed E-state index contributed by atoms with van der Waals surface area (Å²) in [5.41, 5.74) is 2.74. The molecule has 1 unspecified atom stereocenters. The molecule has 1 fully saturated rings. The van der Waals surface area contributed by atoms with E-state index in [1.54, 1.807) is 6.07 Å². The van der Waals surface area contributed by atoms with E-state index < -0.39 is 0 Å². The molecule has 2 aliphatic rings. The van der Waals surface area contributed by atoms with E-state index in [0.717, 1.165) is 55.3 Å². The van der Waals surface area contributed by atoms with Gasteiger partial charge in [-0.05, 0) is 37.6 Å². The molecule has 156 valence electrons. The molecule has 1 aromatic heterocycles. The van der Waals surface area contributed by atoms with Gasteiger partial charge in [-0.15, -0.1) is 0 Å². The molecule has 2 aromatic carbocycles. The van der Waals surface area contributed by atoms with Crippen molar-refractivity contribution in [3.05, 3.63) is 42.5 Å². The molecule has 8 heteroatoms. The summed E-state index contributed by atoms with van der Waals surface area (Å²) in [5.74, 6) is 2.25. The quantitative estimate of drug-likeness (QED) is 0.692. The smallest absolute Gasteiger partial charge is 0.241 e. The topological polar surface area (TPSA) is 82.7 Å². The predicted octanol–water partition coefficient (Wildman–Crippen LogP) is 2.83. The van der Waals surface area contributed by atoms with Gasteiger partial charge in [0.25, 0.3) is 0 Å². The van der Waals surface area contributed by atoms with Gasteiger partial charge in [-0.2, -0.15) is 0 Å². The van der Waals surface area contributed by atoms with Gasteiger partial charge in [-0.3, -0.25) is 9.69 Å². The summed E-state index contributed by atoms with van der Waals surface area (Å²) in [7, 11) is 0. The molecule has 2 aliphatic heterocycles. The van der Waals surface area contributed by atoms with Crippen molar-refractivity contribution in [2.45, 2.75) is 19.4 Å². The number of aromatic nitrogens is 2. The molecule has 0 saturated carbocycles. The number of fused-ring (bicyclic) bond motifs is 2. The lowest BCUT2D eigenvalue weighted by Gasteiger charge is -2.27. The van der Waals surface area contributed by atoms with Crippen LogP contribution in [0.4, 0.5) is 11.6 Å². The minimum absolute atomic E-state index is 0.0222. The van der Waals surface area contributed by atoms with Crippen LogP contribution < -0.4 is 19.7 Å². The second-order valence-corrected chi connectivity index (χ2v) is 7.69. The van der Waals surface area contributed by atoms with Gasteiger partial charge in [0, 0.05) is 37.9 Å². The fraction of sp³-hybridized carbons (Fsp3) is 0.364. The van der Waals surface area contributed by atoms with Crippen LogP contribution in [0.5, 0.6) is 11.5 Å². The lowest BCUT2D eigenvalue weighted by molar-refractivity contribution is -0.120. The first-order chi connectivity index (χ1) is 14.7. The highest BCUT2D eigenvalue weighted by molar-refractivity contribution is 5.94. The fourth-order valence-electron chi connectivity index (χ4n) is 4.01. The van der Waals surface area contributed by atoms with Crippen LogP contribution in [0.2, 0.25) is 0 Å². The third-order valence-corrected chi connectivity index (χ3v) is 5.77. The van der Waals surface area contributed by atoms with Crippen molar-refractivity contribution in [1.82, 2.24) is 14.9 Å². The summed E-state index contributed by atoms with van der Waals surface area (Å²) in [4.78, 5) is 25.5. The molecular weight excluding hydrogens is 382 g/mol. The number of anilines is 2.